The van der Waals surface area contributed by atoms with E-state index in [4.69, 9.17) is 14.4 Å². The Balaban J connectivity index is 2.12. The van der Waals surface area contributed by atoms with Crippen molar-refractivity contribution in [2.45, 2.75) is 0 Å². The quantitative estimate of drug-likeness (QED) is 0.699. The highest BCUT2D eigenvalue weighted by molar-refractivity contribution is 5.77. The molecule has 0 saturated carbocycles. The van der Waals surface area contributed by atoms with Gasteiger partial charge in [-0.25, -0.2) is 4.98 Å². The number of fused-ring (bicyclic) bond motifs is 1. The van der Waals surface area contributed by atoms with Crippen molar-refractivity contribution < 1.29 is 9.15 Å². The van der Waals surface area contributed by atoms with Crippen molar-refractivity contribution in [3.63, 3.8) is 0 Å². The van der Waals surface area contributed by atoms with E-state index >= 15 is 0 Å². The van der Waals surface area contributed by atoms with Gasteiger partial charge in [-0.05, 0) is 30.3 Å². The number of ether oxygens (including phenoxy) is 1. The Morgan fingerprint density at radius 3 is 2.89 bits per heavy atom. The van der Waals surface area contributed by atoms with Gasteiger partial charge < -0.3 is 9.15 Å². The molecule has 0 radical (unpaired) electrons. The van der Waals surface area contributed by atoms with Gasteiger partial charge in [0.05, 0.1) is 18.7 Å². The molecule has 0 bridgehead atoms. The monoisotopic (exact) mass is 250 g/mol. The minimum atomic E-state index is 0.518. The zero-order valence-corrected chi connectivity index (χ0v) is 10.3. The fraction of sp³-hybridized carbons (Fsp3) is 0.0667. The van der Waals surface area contributed by atoms with Crippen LogP contribution in [0, 0.1) is 11.3 Å². The summed E-state index contributed by atoms with van der Waals surface area (Å²) in [5.74, 6) is 1.27. The summed E-state index contributed by atoms with van der Waals surface area (Å²) in [6.07, 6.45) is 0. The summed E-state index contributed by atoms with van der Waals surface area (Å²) >= 11 is 0. The standard InChI is InChI=1S/C15H10N2O2/c1-18-12-4-2-3-11(8-12)15-17-13-6-5-10(9-16)7-14(13)19-15/h2-8H,1H3. The zero-order valence-electron chi connectivity index (χ0n) is 10.3. The van der Waals surface area contributed by atoms with Crippen LogP contribution in [-0.4, -0.2) is 12.1 Å². The van der Waals surface area contributed by atoms with Crippen LogP contribution in [0.3, 0.4) is 0 Å². The fourth-order valence-corrected chi connectivity index (χ4v) is 1.87. The molecule has 92 valence electrons. The lowest BCUT2D eigenvalue weighted by Gasteiger charge is -2.00. The van der Waals surface area contributed by atoms with Crippen LogP contribution >= 0.6 is 0 Å². The summed E-state index contributed by atoms with van der Waals surface area (Å²) in [6, 6.07) is 14.8. The van der Waals surface area contributed by atoms with E-state index in [9.17, 15) is 0 Å². The van der Waals surface area contributed by atoms with Crippen molar-refractivity contribution in [2.24, 2.45) is 0 Å². The molecule has 2 aromatic carbocycles. The molecular formula is C15H10N2O2. The molecule has 0 aliphatic heterocycles. The second kappa shape index (κ2) is 4.46. The summed E-state index contributed by atoms with van der Waals surface area (Å²) < 4.78 is 10.9. The molecular weight excluding hydrogens is 240 g/mol. The Labute approximate surface area is 109 Å². The van der Waals surface area contributed by atoms with Crippen LogP contribution in [0.25, 0.3) is 22.6 Å². The van der Waals surface area contributed by atoms with E-state index in [1.54, 1.807) is 25.3 Å². The molecule has 4 nitrogen and oxygen atoms in total. The van der Waals surface area contributed by atoms with E-state index < -0.39 is 0 Å². The Bertz CT molecular complexity index is 784. The lowest BCUT2D eigenvalue weighted by molar-refractivity contribution is 0.415. The van der Waals surface area contributed by atoms with Gasteiger partial charge in [0, 0.05) is 11.6 Å². The third kappa shape index (κ3) is 2.02. The number of aromatic nitrogens is 1. The van der Waals surface area contributed by atoms with Crippen molar-refractivity contribution in [3.8, 4) is 23.3 Å². The topological polar surface area (TPSA) is 59.0 Å². The lowest BCUT2D eigenvalue weighted by Crippen LogP contribution is -1.83. The highest BCUT2D eigenvalue weighted by Gasteiger charge is 2.09. The molecule has 0 saturated heterocycles. The molecule has 0 aliphatic rings. The first-order chi connectivity index (χ1) is 9.30. The van der Waals surface area contributed by atoms with Gasteiger partial charge >= 0.3 is 0 Å². The van der Waals surface area contributed by atoms with Crippen molar-refractivity contribution in [1.82, 2.24) is 4.98 Å². The van der Waals surface area contributed by atoms with Crippen molar-refractivity contribution >= 4 is 11.1 Å². The summed E-state index contributed by atoms with van der Waals surface area (Å²) in [5, 5.41) is 8.86. The number of methoxy groups -OCH3 is 1. The van der Waals surface area contributed by atoms with E-state index in [0.29, 0.717) is 17.0 Å². The molecule has 0 fully saturated rings. The minimum absolute atomic E-state index is 0.518. The second-order valence-corrected chi connectivity index (χ2v) is 4.05. The Kier molecular flexibility index (Phi) is 2.66. The van der Waals surface area contributed by atoms with Crippen LogP contribution in [0.2, 0.25) is 0 Å². The number of oxazole rings is 1. The molecule has 1 aromatic heterocycles. The Hall–Kier alpha value is -2.80. The van der Waals surface area contributed by atoms with Crippen LogP contribution in [0.5, 0.6) is 5.75 Å². The molecule has 0 N–H and O–H groups in total. The van der Waals surface area contributed by atoms with Crippen LogP contribution in [-0.2, 0) is 0 Å². The summed E-state index contributed by atoms with van der Waals surface area (Å²) in [4.78, 5) is 4.40. The van der Waals surface area contributed by atoms with Crippen LogP contribution in [0.15, 0.2) is 46.9 Å². The number of rotatable bonds is 2. The predicted molar refractivity (Wildman–Crippen MR) is 70.7 cm³/mol. The maximum atomic E-state index is 8.86. The van der Waals surface area contributed by atoms with Gasteiger partial charge in [-0.3, -0.25) is 0 Å². The van der Waals surface area contributed by atoms with Gasteiger partial charge in [0.2, 0.25) is 5.89 Å². The van der Waals surface area contributed by atoms with E-state index in [1.165, 1.54) is 0 Å². The van der Waals surface area contributed by atoms with Gasteiger partial charge in [0.15, 0.2) is 5.58 Å². The SMILES string of the molecule is COc1cccc(-c2nc3ccc(C#N)cc3o2)c1. The Morgan fingerprint density at radius 2 is 2.11 bits per heavy atom. The largest absolute Gasteiger partial charge is 0.497 e. The highest BCUT2D eigenvalue weighted by Crippen LogP contribution is 2.27. The first-order valence-electron chi connectivity index (χ1n) is 5.75. The number of hydrogen-bond donors (Lipinski definition) is 0. The predicted octanol–water partition coefficient (Wildman–Crippen LogP) is 3.38. The maximum Gasteiger partial charge on any atom is 0.227 e. The summed E-state index contributed by atoms with van der Waals surface area (Å²) in [7, 11) is 1.62. The molecule has 0 atom stereocenters. The Morgan fingerprint density at radius 1 is 1.21 bits per heavy atom. The lowest BCUT2D eigenvalue weighted by atomic mass is 10.2. The molecule has 3 rings (SSSR count). The third-order valence-electron chi connectivity index (χ3n) is 2.83. The second-order valence-electron chi connectivity index (χ2n) is 4.05. The zero-order chi connectivity index (χ0) is 13.2. The molecule has 19 heavy (non-hydrogen) atoms. The first kappa shape index (κ1) is 11.3. The van der Waals surface area contributed by atoms with Crippen LogP contribution in [0.1, 0.15) is 5.56 Å². The van der Waals surface area contributed by atoms with E-state index in [0.717, 1.165) is 16.8 Å². The van der Waals surface area contributed by atoms with E-state index in [-0.39, 0.29) is 0 Å². The molecule has 1 heterocycles. The number of benzene rings is 2. The van der Waals surface area contributed by atoms with Gasteiger partial charge in [-0.2, -0.15) is 5.26 Å². The van der Waals surface area contributed by atoms with E-state index in [2.05, 4.69) is 11.1 Å². The van der Waals surface area contributed by atoms with Crippen LogP contribution < -0.4 is 4.74 Å². The van der Waals surface area contributed by atoms with Crippen molar-refractivity contribution in [1.29, 1.82) is 5.26 Å². The summed E-state index contributed by atoms with van der Waals surface area (Å²) in [6.45, 7) is 0. The van der Waals surface area contributed by atoms with E-state index in [1.807, 2.05) is 24.3 Å². The van der Waals surface area contributed by atoms with Gasteiger partial charge in [-0.15, -0.1) is 0 Å². The third-order valence-corrected chi connectivity index (χ3v) is 2.83. The van der Waals surface area contributed by atoms with Crippen molar-refractivity contribution in [3.05, 3.63) is 48.0 Å². The smallest absolute Gasteiger partial charge is 0.227 e. The van der Waals surface area contributed by atoms with Gasteiger partial charge in [0.25, 0.3) is 0 Å². The number of nitrogens with zero attached hydrogens (tertiary/aromatic N) is 2. The molecule has 0 amide bonds. The van der Waals surface area contributed by atoms with Crippen LogP contribution in [0.4, 0.5) is 0 Å². The van der Waals surface area contributed by atoms with Gasteiger partial charge in [-0.1, -0.05) is 6.07 Å². The first-order valence-corrected chi connectivity index (χ1v) is 5.75. The number of nitriles is 1. The normalized spacial score (nSPS) is 10.3. The average Bonchev–Trinajstić information content (AvgIpc) is 2.90. The molecule has 3 aromatic rings. The number of hydrogen-bond acceptors (Lipinski definition) is 4. The fourth-order valence-electron chi connectivity index (χ4n) is 1.87. The van der Waals surface area contributed by atoms with Gasteiger partial charge in [0.1, 0.15) is 11.3 Å². The summed E-state index contributed by atoms with van der Waals surface area (Å²) in [5.41, 5.74) is 2.74. The molecule has 0 unspecified atom stereocenters. The maximum absolute atomic E-state index is 8.86. The van der Waals surface area contributed by atoms with Crippen molar-refractivity contribution in [2.75, 3.05) is 7.11 Å². The minimum Gasteiger partial charge on any atom is -0.497 e. The average molecular weight is 250 g/mol. The molecule has 0 spiro atoms. The molecule has 0 aliphatic carbocycles. The highest BCUT2D eigenvalue weighted by atomic mass is 16.5. The molecule has 4 heteroatoms.